The minimum absolute atomic E-state index is 0.0675. The number of benzene rings is 1. The molecule has 27 heavy (non-hydrogen) atoms. The van der Waals surface area contributed by atoms with E-state index >= 15 is 0 Å². The lowest BCUT2D eigenvalue weighted by Gasteiger charge is -2.11. The first kappa shape index (κ1) is 18.8. The fourth-order valence-electron chi connectivity index (χ4n) is 2.83. The van der Waals surface area contributed by atoms with Gasteiger partial charge in [0.15, 0.2) is 0 Å². The highest BCUT2D eigenvalue weighted by Gasteiger charge is 2.17. The fraction of sp³-hybridized carbons (Fsp3) is 0.350. The zero-order valence-corrected chi connectivity index (χ0v) is 15.2. The molecule has 1 saturated heterocycles. The third-order valence-electron chi connectivity index (χ3n) is 4.39. The number of ether oxygens (including phenoxy) is 2. The van der Waals surface area contributed by atoms with Gasteiger partial charge in [-0.1, -0.05) is 12.1 Å². The van der Waals surface area contributed by atoms with E-state index in [0.717, 1.165) is 30.8 Å². The molecule has 7 heteroatoms. The molecule has 0 aliphatic carbocycles. The van der Waals surface area contributed by atoms with Gasteiger partial charge in [0, 0.05) is 32.1 Å². The Hall–Kier alpha value is -2.93. The van der Waals surface area contributed by atoms with Crippen molar-refractivity contribution >= 4 is 11.8 Å². The van der Waals surface area contributed by atoms with Gasteiger partial charge >= 0.3 is 0 Å². The molecule has 2 heterocycles. The Balaban J connectivity index is 1.54. The van der Waals surface area contributed by atoms with Gasteiger partial charge in [-0.15, -0.1) is 0 Å². The number of carbonyl (C=O) groups is 2. The molecule has 0 spiro atoms. The van der Waals surface area contributed by atoms with Gasteiger partial charge in [-0.25, -0.2) is 0 Å². The number of methoxy groups -OCH3 is 1. The van der Waals surface area contributed by atoms with Crippen LogP contribution in [0.4, 0.5) is 0 Å². The molecule has 3 rings (SSSR count). The molecular weight excluding hydrogens is 346 g/mol. The van der Waals surface area contributed by atoms with E-state index in [4.69, 9.17) is 9.47 Å². The number of amides is 2. The standard InChI is InChI=1S/C20H23N3O4/c1-26-17-6-4-14(5-7-17)10-22-19(24)15-9-16(12-21-11-15)20(25)23-13-18-3-2-8-27-18/h4-7,9,11-12,18H,2-3,8,10,13H2,1H3,(H,22,24)(H,23,25). The van der Waals surface area contributed by atoms with E-state index in [1.807, 2.05) is 24.3 Å². The van der Waals surface area contributed by atoms with Crippen molar-refractivity contribution in [2.24, 2.45) is 0 Å². The third kappa shape index (κ3) is 5.27. The Morgan fingerprint density at radius 2 is 1.85 bits per heavy atom. The molecule has 0 radical (unpaired) electrons. The zero-order valence-electron chi connectivity index (χ0n) is 15.2. The molecule has 1 aliphatic heterocycles. The van der Waals surface area contributed by atoms with Gasteiger partial charge in [-0.3, -0.25) is 14.6 Å². The Bertz CT molecular complexity index is 786. The average molecular weight is 369 g/mol. The largest absolute Gasteiger partial charge is 0.497 e. The highest BCUT2D eigenvalue weighted by molar-refractivity contribution is 5.99. The summed E-state index contributed by atoms with van der Waals surface area (Å²) in [6, 6.07) is 8.98. The van der Waals surface area contributed by atoms with Crippen LogP contribution in [-0.2, 0) is 11.3 Å². The normalized spacial score (nSPS) is 16.0. The molecule has 142 valence electrons. The summed E-state index contributed by atoms with van der Waals surface area (Å²) in [6.45, 7) is 1.58. The van der Waals surface area contributed by atoms with Crippen LogP contribution in [0.2, 0.25) is 0 Å². The average Bonchev–Trinajstić information content (AvgIpc) is 3.24. The zero-order chi connectivity index (χ0) is 19.1. The van der Waals surface area contributed by atoms with Gasteiger partial charge in [0.1, 0.15) is 5.75 Å². The SMILES string of the molecule is COc1ccc(CNC(=O)c2cncc(C(=O)NCC3CCCO3)c2)cc1. The van der Waals surface area contributed by atoms with Gasteiger partial charge in [0.2, 0.25) is 0 Å². The Kier molecular flexibility index (Phi) is 6.38. The number of nitrogens with zero attached hydrogens (tertiary/aromatic N) is 1. The number of aromatic nitrogens is 1. The molecule has 2 amide bonds. The highest BCUT2D eigenvalue weighted by atomic mass is 16.5. The van der Waals surface area contributed by atoms with Crippen molar-refractivity contribution in [2.45, 2.75) is 25.5 Å². The maximum absolute atomic E-state index is 12.4. The number of hydrogen-bond donors (Lipinski definition) is 2. The van der Waals surface area contributed by atoms with Crippen LogP contribution in [0.1, 0.15) is 39.1 Å². The van der Waals surface area contributed by atoms with E-state index in [9.17, 15) is 9.59 Å². The molecule has 1 aromatic heterocycles. The fourth-order valence-corrected chi connectivity index (χ4v) is 2.83. The van der Waals surface area contributed by atoms with Gasteiger partial charge in [0.25, 0.3) is 11.8 Å². The second kappa shape index (κ2) is 9.14. The molecule has 2 aromatic rings. The van der Waals surface area contributed by atoms with Crippen LogP contribution >= 0.6 is 0 Å². The van der Waals surface area contributed by atoms with Gasteiger partial charge < -0.3 is 20.1 Å². The summed E-state index contributed by atoms with van der Waals surface area (Å²) in [5.41, 5.74) is 1.64. The Morgan fingerprint density at radius 1 is 1.15 bits per heavy atom. The molecule has 2 N–H and O–H groups in total. The summed E-state index contributed by atoms with van der Waals surface area (Å²) < 4.78 is 10.6. The van der Waals surface area contributed by atoms with E-state index in [1.54, 1.807) is 13.2 Å². The minimum atomic E-state index is -0.285. The predicted octanol–water partition coefficient (Wildman–Crippen LogP) is 1.93. The van der Waals surface area contributed by atoms with Crippen molar-refractivity contribution in [2.75, 3.05) is 20.3 Å². The van der Waals surface area contributed by atoms with E-state index in [1.165, 1.54) is 12.4 Å². The van der Waals surface area contributed by atoms with E-state index in [0.29, 0.717) is 24.2 Å². The Labute approximate surface area is 158 Å². The number of pyridine rings is 1. The lowest BCUT2D eigenvalue weighted by molar-refractivity contribution is 0.0857. The minimum Gasteiger partial charge on any atom is -0.497 e. The lowest BCUT2D eigenvalue weighted by atomic mass is 10.1. The van der Waals surface area contributed by atoms with Crippen LogP contribution in [0, 0.1) is 0 Å². The quantitative estimate of drug-likeness (QED) is 0.778. The molecule has 1 aromatic carbocycles. The number of nitrogens with one attached hydrogen (secondary N) is 2. The maximum Gasteiger partial charge on any atom is 0.253 e. The summed E-state index contributed by atoms with van der Waals surface area (Å²) >= 11 is 0. The van der Waals surface area contributed by atoms with E-state index < -0.39 is 0 Å². The van der Waals surface area contributed by atoms with Gasteiger partial charge in [0.05, 0.1) is 24.3 Å². The van der Waals surface area contributed by atoms with Gasteiger partial charge in [-0.2, -0.15) is 0 Å². The topological polar surface area (TPSA) is 89.5 Å². The van der Waals surface area contributed by atoms with E-state index in [-0.39, 0.29) is 17.9 Å². The van der Waals surface area contributed by atoms with Crippen molar-refractivity contribution in [3.63, 3.8) is 0 Å². The first-order chi connectivity index (χ1) is 13.2. The second-order valence-electron chi connectivity index (χ2n) is 6.34. The van der Waals surface area contributed by atoms with Crippen molar-refractivity contribution in [1.82, 2.24) is 15.6 Å². The smallest absolute Gasteiger partial charge is 0.253 e. The number of hydrogen-bond acceptors (Lipinski definition) is 5. The number of rotatable bonds is 7. The summed E-state index contributed by atoms with van der Waals surface area (Å²) in [5.74, 6) is 0.214. The molecule has 1 fully saturated rings. The van der Waals surface area contributed by atoms with Crippen LogP contribution in [-0.4, -0.2) is 43.2 Å². The van der Waals surface area contributed by atoms with Crippen molar-refractivity contribution in [3.8, 4) is 5.75 Å². The first-order valence-corrected chi connectivity index (χ1v) is 8.91. The van der Waals surface area contributed by atoms with Crippen LogP contribution in [0.25, 0.3) is 0 Å². The monoisotopic (exact) mass is 369 g/mol. The lowest BCUT2D eigenvalue weighted by Crippen LogP contribution is -2.32. The molecular formula is C20H23N3O4. The van der Waals surface area contributed by atoms with E-state index in [2.05, 4.69) is 15.6 Å². The Morgan fingerprint density at radius 3 is 2.48 bits per heavy atom. The molecule has 1 aliphatic rings. The molecule has 1 unspecified atom stereocenters. The summed E-state index contributed by atoms with van der Waals surface area (Å²) in [5, 5.41) is 5.65. The number of carbonyl (C=O) groups excluding carboxylic acids is 2. The van der Waals surface area contributed by atoms with Crippen LogP contribution < -0.4 is 15.4 Å². The highest BCUT2D eigenvalue weighted by Crippen LogP contribution is 2.12. The molecule has 7 nitrogen and oxygen atoms in total. The second-order valence-corrected chi connectivity index (χ2v) is 6.34. The predicted molar refractivity (Wildman–Crippen MR) is 99.7 cm³/mol. The summed E-state index contributed by atoms with van der Waals surface area (Å²) in [6.07, 6.45) is 4.93. The van der Waals surface area contributed by atoms with Crippen molar-refractivity contribution in [3.05, 3.63) is 59.4 Å². The first-order valence-electron chi connectivity index (χ1n) is 8.91. The van der Waals surface area contributed by atoms with Gasteiger partial charge in [-0.05, 0) is 36.6 Å². The van der Waals surface area contributed by atoms with Crippen molar-refractivity contribution in [1.29, 1.82) is 0 Å². The van der Waals surface area contributed by atoms with Crippen LogP contribution in [0.15, 0.2) is 42.7 Å². The summed E-state index contributed by atoms with van der Waals surface area (Å²) in [7, 11) is 1.60. The molecule has 0 saturated carbocycles. The van der Waals surface area contributed by atoms with Crippen LogP contribution in [0.5, 0.6) is 5.75 Å². The van der Waals surface area contributed by atoms with Crippen LogP contribution in [0.3, 0.4) is 0 Å². The van der Waals surface area contributed by atoms with Crippen molar-refractivity contribution < 1.29 is 19.1 Å². The summed E-state index contributed by atoms with van der Waals surface area (Å²) in [4.78, 5) is 28.6. The third-order valence-corrected chi connectivity index (χ3v) is 4.39. The maximum atomic E-state index is 12.4. The molecule has 0 bridgehead atoms. The molecule has 1 atom stereocenters.